The molecule has 1 aliphatic heterocycles. The molecule has 1 N–H and O–H groups in total. The van der Waals surface area contributed by atoms with E-state index in [1.807, 2.05) is 46.7 Å². The molecule has 3 heterocycles. The van der Waals surface area contributed by atoms with Crippen molar-refractivity contribution >= 4 is 17.6 Å². The van der Waals surface area contributed by atoms with E-state index in [0.717, 1.165) is 41.1 Å². The van der Waals surface area contributed by atoms with E-state index in [4.69, 9.17) is 5.11 Å². The lowest BCUT2D eigenvalue weighted by atomic mass is 9.87. The third kappa shape index (κ3) is 4.17. The molecule has 0 spiro atoms. The van der Waals surface area contributed by atoms with Gasteiger partial charge < -0.3 is 9.51 Å². The van der Waals surface area contributed by atoms with E-state index in [-0.39, 0.29) is 23.7 Å². The van der Waals surface area contributed by atoms with Crippen LogP contribution >= 0.6 is 0 Å². The number of hydrogen-bond acceptors (Lipinski definition) is 2. The summed E-state index contributed by atoms with van der Waals surface area (Å²) in [7, 11) is 0. The number of aromatic nitrogens is 1. The van der Waals surface area contributed by atoms with Crippen LogP contribution in [0.25, 0.3) is 11.6 Å². The number of hydrogen-bond donors (Lipinski definition) is 1. The second kappa shape index (κ2) is 8.13. The van der Waals surface area contributed by atoms with Crippen molar-refractivity contribution in [3.05, 3.63) is 82.7 Å². The average Bonchev–Trinajstić information content (AvgIpc) is 3.05. The molecule has 3 aromatic rings. The average molecular weight is 442 g/mol. The van der Waals surface area contributed by atoms with Crippen LogP contribution in [0.2, 0.25) is 0 Å². The Morgan fingerprint density at radius 1 is 1.22 bits per heavy atom. The predicted octanol–water partition coefficient (Wildman–Crippen LogP) is 5.40. The Kier molecular flexibility index (Phi) is 5.63. The number of carboxylic acids is 1. The van der Waals surface area contributed by atoms with Crippen LogP contribution in [0, 0.1) is 11.6 Å². The van der Waals surface area contributed by atoms with E-state index in [2.05, 4.69) is 0 Å². The Hall–Kier alpha value is -3.06. The van der Waals surface area contributed by atoms with E-state index in [1.54, 1.807) is 0 Å². The highest BCUT2D eigenvalue weighted by molar-refractivity contribution is 5.85. The summed E-state index contributed by atoms with van der Waals surface area (Å²) >= 11 is 0. The maximum atomic E-state index is 15.4. The van der Waals surface area contributed by atoms with Gasteiger partial charge >= 0.3 is 5.97 Å². The van der Waals surface area contributed by atoms with E-state index in [1.165, 1.54) is 13.8 Å². The molecule has 7 heteroatoms. The summed E-state index contributed by atoms with van der Waals surface area (Å²) in [5.41, 5.74) is 0.961. The maximum Gasteiger partial charge on any atom is 0.328 e. The first-order valence-electron chi connectivity index (χ1n) is 10.5. The predicted molar refractivity (Wildman–Crippen MR) is 117 cm³/mol. The number of aliphatic carboxylic acids is 1. The third-order valence-corrected chi connectivity index (χ3v) is 5.85. The van der Waals surface area contributed by atoms with Gasteiger partial charge in [-0.2, -0.15) is 0 Å². The van der Waals surface area contributed by atoms with Crippen LogP contribution in [0.15, 0.2) is 48.7 Å². The van der Waals surface area contributed by atoms with Crippen molar-refractivity contribution in [3.8, 4) is 0 Å². The van der Waals surface area contributed by atoms with Crippen molar-refractivity contribution in [2.75, 3.05) is 6.54 Å². The molecule has 2 aromatic heterocycles. The van der Waals surface area contributed by atoms with Crippen LogP contribution in [0.4, 0.5) is 13.2 Å². The van der Waals surface area contributed by atoms with Crippen LogP contribution in [0.5, 0.6) is 0 Å². The molecule has 2 atom stereocenters. The summed E-state index contributed by atoms with van der Waals surface area (Å²) in [6.07, 6.45) is 4.50. The molecule has 0 aliphatic carbocycles. The van der Waals surface area contributed by atoms with Gasteiger partial charge in [-0.1, -0.05) is 6.07 Å². The molecule has 0 amide bonds. The lowest BCUT2D eigenvalue weighted by Crippen LogP contribution is -2.48. The standard InChI is InChI=1S/C25H25F3N2O2/c1-15-10-21-18(13-17-6-4-5-9-29(17)21)24(30(15)14-25(2,3)28)23-19(26)11-16(12-20(23)27)7-8-22(31)32/h4-9,11-13,15,24H,10,14H2,1-3H3,(H,31,32)/b8-7+. The smallest absolute Gasteiger partial charge is 0.328 e. The fraction of sp³-hybridized carbons (Fsp3) is 0.320. The van der Waals surface area contributed by atoms with Crippen molar-refractivity contribution in [1.82, 2.24) is 9.30 Å². The second-order valence-electron chi connectivity index (χ2n) is 8.96. The zero-order valence-corrected chi connectivity index (χ0v) is 18.1. The van der Waals surface area contributed by atoms with Crippen LogP contribution in [-0.4, -0.2) is 38.6 Å². The molecule has 0 bridgehead atoms. The summed E-state index contributed by atoms with van der Waals surface area (Å²) in [5, 5.41) is 8.80. The van der Waals surface area contributed by atoms with Crippen molar-refractivity contribution in [1.29, 1.82) is 0 Å². The van der Waals surface area contributed by atoms with Crippen molar-refractivity contribution in [3.63, 3.8) is 0 Å². The number of nitrogens with zero attached hydrogens (tertiary/aromatic N) is 2. The normalized spacial score (nSPS) is 19.6. The topological polar surface area (TPSA) is 45.0 Å². The first-order chi connectivity index (χ1) is 15.0. The lowest BCUT2D eigenvalue weighted by Gasteiger charge is -2.43. The first-order valence-corrected chi connectivity index (χ1v) is 10.5. The molecule has 168 valence electrons. The highest BCUT2D eigenvalue weighted by atomic mass is 19.1. The van der Waals surface area contributed by atoms with Crippen molar-refractivity contribution in [2.45, 2.75) is 44.9 Å². The highest BCUT2D eigenvalue weighted by Crippen LogP contribution is 2.42. The lowest BCUT2D eigenvalue weighted by molar-refractivity contribution is -0.131. The summed E-state index contributed by atoms with van der Waals surface area (Å²) in [6.45, 7) is 4.85. The summed E-state index contributed by atoms with van der Waals surface area (Å²) in [5.74, 6) is -2.80. The fourth-order valence-corrected chi connectivity index (χ4v) is 4.62. The van der Waals surface area contributed by atoms with E-state index < -0.39 is 29.3 Å². The quantitative estimate of drug-likeness (QED) is 0.538. The molecule has 0 saturated carbocycles. The Labute approximate surface area is 184 Å². The van der Waals surface area contributed by atoms with Crippen LogP contribution in [0.3, 0.4) is 0 Å². The third-order valence-electron chi connectivity index (χ3n) is 5.85. The Bertz CT molecular complexity index is 1190. The Morgan fingerprint density at radius 3 is 2.53 bits per heavy atom. The zero-order chi connectivity index (χ0) is 23.2. The summed E-state index contributed by atoms with van der Waals surface area (Å²) < 4.78 is 47.5. The van der Waals surface area contributed by atoms with Gasteiger partial charge in [-0.15, -0.1) is 0 Å². The van der Waals surface area contributed by atoms with E-state index in [9.17, 15) is 9.18 Å². The van der Waals surface area contributed by atoms with Gasteiger partial charge in [-0.25, -0.2) is 18.0 Å². The molecular weight excluding hydrogens is 417 g/mol. The summed E-state index contributed by atoms with van der Waals surface area (Å²) in [6, 6.07) is 8.88. The minimum atomic E-state index is -1.57. The van der Waals surface area contributed by atoms with Gasteiger partial charge in [0.25, 0.3) is 0 Å². The van der Waals surface area contributed by atoms with Crippen molar-refractivity contribution < 1.29 is 23.1 Å². The van der Waals surface area contributed by atoms with Gasteiger partial charge in [0.15, 0.2) is 0 Å². The van der Waals surface area contributed by atoms with Crippen LogP contribution < -0.4 is 0 Å². The second-order valence-corrected chi connectivity index (χ2v) is 8.96. The largest absolute Gasteiger partial charge is 0.478 e. The SMILES string of the molecule is CC1Cc2c(cc3ccccn23)C(c2c(F)cc(/C=C/C(=O)O)cc2F)N1CC(C)(C)F. The summed E-state index contributed by atoms with van der Waals surface area (Å²) in [4.78, 5) is 12.6. The first kappa shape index (κ1) is 22.1. The van der Waals surface area contributed by atoms with E-state index >= 15 is 8.78 Å². The van der Waals surface area contributed by atoms with Gasteiger partial charge in [0, 0.05) is 48.1 Å². The fourth-order valence-electron chi connectivity index (χ4n) is 4.62. The molecular formula is C25H25F3N2O2. The maximum absolute atomic E-state index is 15.4. The Morgan fingerprint density at radius 2 is 1.91 bits per heavy atom. The molecule has 0 saturated heterocycles. The van der Waals surface area contributed by atoms with Gasteiger partial charge in [-0.3, -0.25) is 4.90 Å². The molecule has 4 rings (SSSR count). The van der Waals surface area contributed by atoms with Gasteiger partial charge in [-0.05, 0) is 68.3 Å². The van der Waals surface area contributed by atoms with Gasteiger partial charge in [0.05, 0.1) is 6.04 Å². The zero-order valence-electron chi connectivity index (χ0n) is 18.1. The van der Waals surface area contributed by atoms with E-state index in [0.29, 0.717) is 6.42 Å². The van der Waals surface area contributed by atoms with Crippen molar-refractivity contribution in [2.24, 2.45) is 0 Å². The number of alkyl halides is 1. The molecule has 0 radical (unpaired) electrons. The monoisotopic (exact) mass is 442 g/mol. The number of halogens is 3. The number of pyridine rings is 1. The minimum Gasteiger partial charge on any atom is -0.478 e. The van der Waals surface area contributed by atoms with Crippen LogP contribution in [-0.2, 0) is 11.2 Å². The van der Waals surface area contributed by atoms with Gasteiger partial charge in [0.1, 0.15) is 17.3 Å². The molecule has 32 heavy (non-hydrogen) atoms. The molecule has 4 nitrogen and oxygen atoms in total. The number of benzene rings is 1. The van der Waals surface area contributed by atoms with Gasteiger partial charge in [0.2, 0.25) is 0 Å². The molecule has 1 aliphatic rings. The van der Waals surface area contributed by atoms with Crippen LogP contribution in [0.1, 0.15) is 49.2 Å². The number of carboxylic acid groups (broad SMARTS) is 1. The Balaban J connectivity index is 1.92. The molecule has 0 fully saturated rings. The highest BCUT2D eigenvalue weighted by Gasteiger charge is 2.40. The number of fused-ring (bicyclic) bond motifs is 3. The molecule has 2 unspecified atom stereocenters. The number of carbonyl (C=O) groups is 1. The molecule has 1 aromatic carbocycles. The number of rotatable bonds is 5. The minimum absolute atomic E-state index is 0.00398.